The molecule has 0 saturated carbocycles. The smallest absolute Gasteiger partial charge is 0.481 e. The largest absolute Gasteiger partial charge is 0.492 e. The first-order chi connectivity index (χ1) is 9.79. The van der Waals surface area contributed by atoms with Crippen LogP contribution in [0.4, 0.5) is 0 Å². The van der Waals surface area contributed by atoms with E-state index in [-0.39, 0.29) is 6.61 Å². The Morgan fingerprint density at radius 3 is 2.43 bits per heavy atom. The minimum atomic E-state index is -0.576. The lowest BCUT2D eigenvalue weighted by Crippen LogP contribution is -2.41. The average molecular weight is 291 g/mol. The first-order valence-electron chi connectivity index (χ1n) is 6.97. The fourth-order valence-corrected chi connectivity index (χ4v) is 2.00. The second kappa shape index (κ2) is 5.79. The summed E-state index contributed by atoms with van der Waals surface area (Å²) in [6, 6.07) is 5.45. The van der Waals surface area contributed by atoms with Crippen LogP contribution in [0.25, 0.3) is 6.08 Å². The van der Waals surface area contributed by atoms with Gasteiger partial charge >= 0.3 is 7.12 Å². The number of pyridine rings is 1. The Hall–Kier alpha value is -1.37. The van der Waals surface area contributed by atoms with E-state index < -0.39 is 18.3 Å². The molecule has 0 atom stereocenters. The average Bonchev–Trinajstić information content (AvgIpc) is 2.65. The summed E-state index contributed by atoms with van der Waals surface area (Å²) in [5.41, 5.74) is 0.448. The molecule has 0 bridgehead atoms. The lowest BCUT2D eigenvalue weighted by atomic mass is 9.78. The number of aliphatic hydroxyl groups excluding tert-OH is 1. The van der Waals surface area contributed by atoms with Crippen molar-refractivity contribution in [2.24, 2.45) is 0 Å². The zero-order valence-electron chi connectivity index (χ0n) is 13.2. The molecule has 1 aliphatic rings. The van der Waals surface area contributed by atoms with Crippen molar-refractivity contribution in [2.75, 3.05) is 13.7 Å². The van der Waals surface area contributed by atoms with E-state index in [0.717, 1.165) is 0 Å². The maximum atomic E-state index is 9.63. The predicted molar refractivity (Wildman–Crippen MR) is 81.9 cm³/mol. The van der Waals surface area contributed by atoms with Gasteiger partial charge in [-0.25, -0.2) is 4.98 Å². The zero-order chi connectivity index (χ0) is 15.7. The van der Waals surface area contributed by atoms with Gasteiger partial charge in [0, 0.05) is 6.07 Å². The molecule has 114 valence electrons. The third-order valence-electron chi connectivity index (χ3n) is 4.03. The molecule has 0 unspecified atom stereocenters. The topological polar surface area (TPSA) is 60.8 Å². The standard InChI is InChI=1S/C15H22BNO4/c1-14(2)15(3,4)21-16(20-14)11(10-18)9-12-7-6-8-13(17-12)19-5/h6-9,18H,10H2,1-5H3. The molecule has 2 rings (SSSR count). The number of hydrogen-bond acceptors (Lipinski definition) is 5. The maximum Gasteiger partial charge on any atom is 0.492 e. The summed E-state index contributed by atoms with van der Waals surface area (Å²) >= 11 is 0. The van der Waals surface area contributed by atoms with Gasteiger partial charge in [0.05, 0.1) is 30.6 Å². The van der Waals surface area contributed by atoms with Crippen LogP contribution in [0, 0.1) is 0 Å². The Morgan fingerprint density at radius 2 is 1.90 bits per heavy atom. The van der Waals surface area contributed by atoms with E-state index in [9.17, 15) is 5.11 Å². The van der Waals surface area contributed by atoms with Gasteiger partial charge in [-0.05, 0) is 45.3 Å². The third kappa shape index (κ3) is 3.28. The molecule has 0 spiro atoms. The van der Waals surface area contributed by atoms with Crippen LogP contribution in [0.2, 0.25) is 0 Å². The molecule has 5 nitrogen and oxygen atoms in total. The lowest BCUT2D eigenvalue weighted by Gasteiger charge is -2.32. The molecule has 0 amide bonds. The molecule has 0 aliphatic carbocycles. The number of methoxy groups -OCH3 is 1. The molecular weight excluding hydrogens is 269 g/mol. The van der Waals surface area contributed by atoms with Crippen LogP contribution in [0.1, 0.15) is 33.4 Å². The molecule has 0 radical (unpaired) electrons. The summed E-state index contributed by atoms with van der Waals surface area (Å²) in [5.74, 6) is 0.523. The quantitative estimate of drug-likeness (QED) is 0.861. The molecule has 2 heterocycles. The van der Waals surface area contributed by atoms with Gasteiger partial charge in [0.25, 0.3) is 0 Å². The SMILES string of the molecule is COc1cccc(C=C(CO)B2OC(C)(C)C(C)(C)O2)n1. The van der Waals surface area contributed by atoms with Crippen molar-refractivity contribution in [3.8, 4) is 5.88 Å². The first-order valence-corrected chi connectivity index (χ1v) is 6.97. The van der Waals surface area contributed by atoms with E-state index in [0.29, 0.717) is 17.0 Å². The van der Waals surface area contributed by atoms with Gasteiger partial charge < -0.3 is 19.2 Å². The molecule has 1 N–H and O–H groups in total. The lowest BCUT2D eigenvalue weighted by molar-refractivity contribution is 0.00578. The number of ether oxygens (including phenoxy) is 1. The Morgan fingerprint density at radius 1 is 1.29 bits per heavy atom. The van der Waals surface area contributed by atoms with E-state index in [1.807, 2.05) is 39.8 Å². The minimum Gasteiger partial charge on any atom is -0.481 e. The Labute approximate surface area is 126 Å². The van der Waals surface area contributed by atoms with E-state index in [2.05, 4.69) is 4.98 Å². The fraction of sp³-hybridized carbons (Fsp3) is 0.533. The highest BCUT2D eigenvalue weighted by Crippen LogP contribution is 2.38. The summed E-state index contributed by atoms with van der Waals surface area (Å²) < 4.78 is 17.0. The molecular formula is C15H22BNO4. The Bertz CT molecular complexity index is 526. The summed E-state index contributed by atoms with van der Waals surface area (Å²) in [4.78, 5) is 4.30. The van der Waals surface area contributed by atoms with Crippen LogP contribution in [-0.2, 0) is 9.31 Å². The highest BCUT2D eigenvalue weighted by molar-refractivity contribution is 6.55. The van der Waals surface area contributed by atoms with Crippen molar-refractivity contribution in [3.05, 3.63) is 29.4 Å². The van der Waals surface area contributed by atoms with Crippen LogP contribution in [0.15, 0.2) is 23.7 Å². The zero-order valence-corrected chi connectivity index (χ0v) is 13.2. The van der Waals surface area contributed by atoms with Crippen molar-refractivity contribution >= 4 is 13.2 Å². The molecule has 1 aromatic heterocycles. The van der Waals surface area contributed by atoms with Gasteiger partial charge in [0.1, 0.15) is 0 Å². The normalized spacial score (nSPS) is 20.7. The van der Waals surface area contributed by atoms with Crippen LogP contribution >= 0.6 is 0 Å². The number of rotatable bonds is 4. The molecule has 1 aliphatic heterocycles. The predicted octanol–water partition coefficient (Wildman–Crippen LogP) is 2.10. The maximum absolute atomic E-state index is 9.63. The molecule has 1 fully saturated rings. The highest BCUT2D eigenvalue weighted by atomic mass is 16.7. The monoisotopic (exact) mass is 291 g/mol. The number of hydrogen-bond donors (Lipinski definition) is 1. The van der Waals surface area contributed by atoms with Crippen LogP contribution in [0.3, 0.4) is 0 Å². The van der Waals surface area contributed by atoms with E-state index >= 15 is 0 Å². The summed E-state index contributed by atoms with van der Waals surface area (Å²) in [5, 5.41) is 9.63. The molecule has 1 aromatic rings. The van der Waals surface area contributed by atoms with Gasteiger partial charge in [-0.2, -0.15) is 0 Å². The van der Waals surface area contributed by atoms with Crippen molar-refractivity contribution in [3.63, 3.8) is 0 Å². The Balaban J connectivity index is 2.26. The molecule has 1 saturated heterocycles. The van der Waals surface area contributed by atoms with E-state index in [1.165, 1.54) is 0 Å². The van der Waals surface area contributed by atoms with Gasteiger partial charge in [-0.3, -0.25) is 0 Å². The van der Waals surface area contributed by atoms with Crippen molar-refractivity contribution < 1.29 is 19.2 Å². The van der Waals surface area contributed by atoms with Gasteiger partial charge in [0.2, 0.25) is 5.88 Å². The number of aromatic nitrogens is 1. The van der Waals surface area contributed by atoms with E-state index in [1.54, 1.807) is 19.3 Å². The summed E-state index contributed by atoms with van der Waals surface area (Å²) in [6.45, 7) is 7.75. The number of nitrogens with zero attached hydrogens (tertiary/aromatic N) is 1. The van der Waals surface area contributed by atoms with E-state index in [4.69, 9.17) is 14.0 Å². The molecule has 21 heavy (non-hydrogen) atoms. The van der Waals surface area contributed by atoms with Gasteiger partial charge in [-0.15, -0.1) is 0 Å². The first kappa shape index (κ1) is 16.0. The molecule has 0 aromatic carbocycles. The highest BCUT2D eigenvalue weighted by Gasteiger charge is 2.52. The van der Waals surface area contributed by atoms with Crippen molar-refractivity contribution in [1.82, 2.24) is 4.98 Å². The van der Waals surface area contributed by atoms with Gasteiger partial charge in [-0.1, -0.05) is 6.07 Å². The number of aliphatic hydroxyl groups is 1. The third-order valence-corrected chi connectivity index (χ3v) is 4.03. The van der Waals surface area contributed by atoms with Crippen molar-refractivity contribution in [2.45, 2.75) is 38.9 Å². The summed E-state index contributed by atoms with van der Waals surface area (Å²) in [6.07, 6.45) is 1.77. The second-order valence-electron chi connectivity index (χ2n) is 6.07. The second-order valence-corrected chi connectivity index (χ2v) is 6.07. The van der Waals surface area contributed by atoms with Crippen molar-refractivity contribution in [1.29, 1.82) is 0 Å². The summed E-state index contributed by atoms with van der Waals surface area (Å²) in [7, 11) is 0.991. The Kier molecular flexibility index (Phi) is 4.42. The van der Waals surface area contributed by atoms with Crippen LogP contribution in [0.5, 0.6) is 5.88 Å². The van der Waals surface area contributed by atoms with Crippen LogP contribution in [-0.4, -0.2) is 42.1 Å². The van der Waals surface area contributed by atoms with Gasteiger partial charge in [0.15, 0.2) is 0 Å². The van der Waals surface area contributed by atoms with Crippen LogP contribution < -0.4 is 4.74 Å². The molecule has 6 heteroatoms. The minimum absolute atomic E-state index is 0.157. The fourth-order valence-electron chi connectivity index (χ4n) is 2.00.